The van der Waals surface area contributed by atoms with Crippen molar-refractivity contribution < 1.29 is 14.3 Å². The topological polar surface area (TPSA) is 61.9 Å². The minimum Gasteiger partial charge on any atom is -0.495 e. The number of nitrogens with zero attached hydrogens (tertiary/aromatic N) is 2. The summed E-state index contributed by atoms with van der Waals surface area (Å²) in [7, 11) is 1.67. The second-order valence-corrected chi connectivity index (χ2v) is 8.62. The monoisotopic (exact) mass is 449 g/mol. The van der Waals surface area contributed by atoms with Crippen LogP contribution in [-0.2, 0) is 11.2 Å². The fourth-order valence-corrected chi connectivity index (χ4v) is 4.59. The van der Waals surface area contributed by atoms with E-state index in [4.69, 9.17) is 4.74 Å². The number of methoxy groups -OCH3 is 1. The first-order valence-electron chi connectivity index (χ1n) is 10.7. The van der Waals surface area contributed by atoms with E-state index in [1.807, 2.05) is 70.9 Å². The number of para-hydroxylation sites is 2. The Morgan fingerprint density at radius 3 is 2.38 bits per heavy atom. The normalized spacial score (nSPS) is 14.7. The molecule has 2 amide bonds. The van der Waals surface area contributed by atoms with Gasteiger partial charge in [-0.15, -0.1) is 11.3 Å². The third-order valence-electron chi connectivity index (χ3n) is 5.65. The Hall–Kier alpha value is -3.32. The summed E-state index contributed by atoms with van der Waals surface area (Å²) in [6.07, 6.45) is 0.462. The summed E-state index contributed by atoms with van der Waals surface area (Å²) in [5.74, 6) is 0.581. The molecule has 1 saturated heterocycles. The summed E-state index contributed by atoms with van der Waals surface area (Å²) < 4.78 is 5.49. The van der Waals surface area contributed by atoms with Crippen LogP contribution in [0.2, 0.25) is 0 Å². The molecule has 1 fully saturated rings. The van der Waals surface area contributed by atoms with Crippen LogP contribution in [0.4, 0.5) is 5.69 Å². The van der Waals surface area contributed by atoms with Gasteiger partial charge < -0.3 is 19.9 Å². The zero-order valence-electron chi connectivity index (χ0n) is 18.1. The highest BCUT2D eigenvalue weighted by Crippen LogP contribution is 2.28. The number of carbonyl (C=O) groups excluding carboxylic acids is 2. The maximum absolute atomic E-state index is 13.4. The average Bonchev–Trinajstić information content (AvgIpc) is 3.39. The van der Waals surface area contributed by atoms with Gasteiger partial charge in [-0.2, -0.15) is 0 Å². The SMILES string of the molecule is COc1ccccc1N1CCN(C(=O)[C@@H](Cc2ccccc2)NC(=O)c2cccs2)CC1. The smallest absolute Gasteiger partial charge is 0.262 e. The van der Waals surface area contributed by atoms with Crippen LogP contribution in [0.5, 0.6) is 5.75 Å². The predicted octanol–water partition coefficient (Wildman–Crippen LogP) is 3.45. The third kappa shape index (κ3) is 5.11. The second-order valence-electron chi connectivity index (χ2n) is 7.68. The summed E-state index contributed by atoms with van der Waals surface area (Å²) in [6.45, 7) is 2.61. The fraction of sp³-hybridized carbons (Fsp3) is 0.280. The van der Waals surface area contributed by atoms with Gasteiger partial charge in [0.1, 0.15) is 11.8 Å². The predicted molar refractivity (Wildman–Crippen MR) is 128 cm³/mol. The van der Waals surface area contributed by atoms with Gasteiger partial charge in [-0.05, 0) is 29.1 Å². The Morgan fingerprint density at radius 2 is 1.69 bits per heavy atom. The van der Waals surface area contributed by atoms with E-state index in [0.29, 0.717) is 37.5 Å². The molecule has 0 bridgehead atoms. The maximum Gasteiger partial charge on any atom is 0.262 e. The van der Waals surface area contributed by atoms with E-state index in [9.17, 15) is 9.59 Å². The zero-order valence-corrected chi connectivity index (χ0v) is 18.9. The average molecular weight is 450 g/mol. The highest BCUT2D eigenvalue weighted by molar-refractivity contribution is 7.12. The second kappa shape index (κ2) is 10.3. The zero-order chi connectivity index (χ0) is 22.3. The van der Waals surface area contributed by atoms with Crippen LogP contribution < -0.4 is 15.0 Å². The van der Waals surface area contributed by atoms with E-state index < -0.39 is 6.04 Å². The summed E-state index contributed by atoms with van der Waals surface area (Å²) in [6, 6.07) is 20.7. The number of rotatable bonds is 7. The molecule has 6 nitrogen and oxygen atoms in total. The quantitative estimate of drug-likeness (QED) is 0.600. The highest BCUT2D eigenvalue weighted by Gasteiger charge is 2.30. The molecular weight excluding hydrogens is 422 g/mol. The van der Waals surface area contributed by atoms with Crippen molar-refractivity contribution in [1.29, 1.82) is 0 Å². The van der Waals surface area contributed by atoms with Crippen LogP contribution in [0, 0.1) is 0 Å². The first-order chi connectivity index (χ1) is 15.7. The van der Waals surface area contributed by atoms with Crippen molar-refractivity contribution in [3.8, 4) is 5.75 Å². The molecule has 2 heterocycles. The van der Waals surface area contributed by atoms with Crippen LogP contribution in [-0.4, -0.2) is 56.0 Å². The lowest BCUT2D eigenvalue weighted by Crippen LogP contribution is -2.55. The van der Waals surface area contributed by atoms with Crippen molar-refractivity contribution in [2.45, 2.75) is 12.5 Å². The number of amides is 2. The largest absolute Gasteiger partial charge is 0.495 e. The van der Waals surface area contributed by atoms with Crippen molar-refractivity contribution in [2.75, 3.05) is 38.2 Å². The summed E-state index contributed by atoms with van der Waals surface area (Å²) in [5.41, 5.74) is 2.05. The van der Waals surface area contributed by atoms with Crippen molar-refractivity contribution in [1.82, 2.24) is 10.2 Å². The number of hydrogen-bond donors (Lipinski definition) is 1. The van der Waals surface area contributed by atoms with Crippen LogP contribution in [0.15, 0.2) is 72.1 Å². The van der Waals surface area contributed by atoms with Gasteiger partial charge in [-0.25, -0.2) is 0 Å². The van der Waals surface area contributed by atoms with Crippen LogP contribution >= 0.6 is 11.3 Å². The molecule has 2 aromatic carbocycles. The Kier molecular flexibility index (Phi) is 7.07. The van der Waals surface area contributed by atoms with E-state index in [1.54, 1.807) is 13.2 Å². The van der Waals surface area contributed by atoms with E-state index in [2.05, 4.69) is 10.2 Å². The molecule has 1 aliphatic rings. The molecule has 0 radical (unpaired) electrons. The number of piperazine rings is 1. The summed E-state index contributed by atoms with van der Waals surface area (Å²) in [4.78, 5) is 30.9. The summed E-state index contributed by atoms with van der Waals surface area (Å²) >= 11 is 1.37. The number of thiophene rings is 1. The lowest BCUT2D eigenvalue weighted by molar-refractivity contribution is -0.133. The molecule has 3 aromatic rings. The molecular formula is C25H27N3O3S. The van der Waals surface area contributed by atoms with Gasteiger partial charge in [0.25, 0.3) is 5.91 Å². The molecule has 1 aromatic heterocycles. The molecule has 1 aliphatic heterocycles. The maximum atomic E-state index is 13.4. The van der Waals surface area contributed by atoms with Crippen LogP contribution in [0.3, 0.4) is 0 Å². The number of nitrogens with one attached hydrogen (secondary N) is 1. The van der Waals surface area contributed by atoms with Crippen LogP contribution in [0.25, 0.3) is 0 Å². The molecule has 0 saturated carbocycles. The summed E-state index contributed by atoms with van der Waals surface area (Å²) in [5, 5.41) is 4.83. The Bertz CT molecular complexity index is 1030. The minimum atomic E-state index is -0.607. The molecule has 1 atom stereocenters. The molecule has 0 spiro atoms. The number of ether oxygens (including phenoxy) is 1. The number of anilines is 1. The van der Waals surface area contributed by atoms with Crippen molar-refractivity contribution in [3.05, 3.63) is 82.6 Å². The van der Waals surface area contributed by atoms with Gasteiger partial charge in [-0.1, -0.05) is 48.5 Å². The van der Waals surface area contributed by atoms with Gasteiger partial charge >= 0.3 is 0 Å². The standard InChI is InChI=1S/C25H27N3O3S/c1-31-22-11-6-5-10-21(22)27-13-15-28(16-14-27)25(30)20(18-19-8-3-2-4-9-19)26-24(29)23-12-7-17-32-23/h2-12,17,20H,13-16,18H2,1H3,(H,26,29)/t20-/m1/s1. The lowest BCUT2D eigenvalue weighted by atomic mass is 10.0. The van der Waals surface area contributed by atoms with Crippen molar-refractivity contribution in [2.24, 2.45) is 0 Å². The van der Waals surface area contributed by atoms with E-state index >= 15 is 0 Å². The Balaban J connectivity index is 1.45. The highest BCUT2D eigenvalue weighted by atomic mass is 32.1. The Labute approximate surface area is 192 Å². The van der Waals surface area contributed by atoms with E-state index in [1.165, 1.54) is 11.3 Å². The van der Waals surface area contributed by atoms with E-state index in [-0.39, 0.29) is 11.8 Å². The molecule has 1 N–H and O–H groups in total. The van der Waals surface area contributed by atoms with Crippen LogP contribution in [0.1, 0.15) is 15.2 Å². The molecule has 32 heavy (non-hydrogen) atoms. The molecule has 0 aliphatic carbocycles. The van der Waals surface area contributed by atoms with Gasteiger partial charge in [0.15, 0.2) is 0 Å². The van der Waals surface area contributed by atoms with Gasteiger partial charge in [0.2, 0.25) is 5.91 Å². The third-order valence-corrected chi connectivity index (χ3v) is 6.52. The van der Waals surface area contributed by atoms with Gasteiger partial charge in [-0.3, -0.25) is 9.59 Å². The molecule has 166 valence electrons. The Morgan fingerprint density at radius 1 is 0.969 bits per heavy atom. The first-order valence-corrected chi connectivity index (χ1v) is 11.6. The van der Waals surface area contributed by atoms with Gasteiger partial charge in [0.05, 0.1) is 17.7 Å². The lowest BCUT2D eigenvalue weighted by Gasteiger charge is -2.38. The molecule has 0 unspecified atom stereocenters. The molecule has 4 rings (SSSR count). The number of carbonyl (C=O) groups is 2. The van der Waals surface area contributed by atoms with Crippen molar-refractivity contribution >= 4 is 28.8 Å². The number of benzene rings is 2. The van der Waals surface area contributed by atoms with Crippen molar-refractivity contribution in [3.63, 3.8) is 0 Å². The van der Waals surface area contributed by atoms with E-state index in [0.717, 1.165) is 17.0 Å². The van der Waals surface area contributed by atoms with Gasteiger partial charge in [0, 0.05) is 32.6 Å². The molecule has 7 heteroatoms. The number of hydrogen-bond acceptors (Lipinski definition) is 5. The fourth-order valence-electron chi connectivity index (χ4n) is 3.97. The first kappa shape index (κ1) is 21.9. The minimum absolute atomic E-state index is 0.0431.